The standard InChI is InChI=1S/C19H21N5.C7H8O3S/c1-23-9-15-11-24(12-16(15)10-23)19-5-4-18(21-22-19)13-2-3-17-14(8-13)6-7-20-17;1-6-2-4-7(5-3-6)11(8,9)10/h2-8,15-16,20H,9-12H2,1H3;2-5H,1H3,(H,8,9,10). The van der Waals surface area contributed by atoms with Gasteiger partial charge in [-0.2, -0.15) is 8.42 Å². The zero-order valence-corrected chi connectivity index (χ0v) is 20.6. The van der Waals surface area contributed by atoms with Crippen molar-refractivity contribution in [2.75, 3.05) is 38.1 Å². The van der Waals surface area contributed by atoms with E-state index in [0.717, 1.165) is 53.1 Å². The molecule has 4 aromatic rings. The van der Waals surface area contributed by atoms with Crippen LogP contribution in [0.25, 0.3) is 22.2 Å². The van der Waals surface area contributed by atoms with Crippen molar-refractivity contribution in [2.24, 2.45) is 11.8 Å². The second kappa shape index (κ2) is 9.41. The predicted octanol–water partition coefficient (Wildman–Crippen LogP) is 3.86. The maximum Gasteiger partial charge on any atom is 0.294 e. The maximum absolute atomic E-state index is 10.5. The first-order valence-electron chi connectivity index (χ1n) is 11.7. The molecular weight excluding hydrogens is 462 g/mol. The Balaban J connectivity index is 0.000000195. The smallest absolute Gasteiger partial charge is 0.294 e. The van der Waals surface area contributed by atoms with E-state index in [9.17, 15) is 8.42 Å². The molecule has 35 heavy (non-hydrogen) atoms. The number of aryl methyl sites for hydroxylation is 1. The van der Waals surface area contributed by atoms with Gasteiger partial charge in [-0.25, -0.2) is 0 Å². The molecule has 4 heterocycles. The fraction of sp³-hybridized carbons (Fsp3) is 0.308. The first-order valence-corrected chi connectivity index (χ1v) is 13.1. The number of aromatic nitrogens is 3. The van der Waals surface area contributed by atoms with E-state index in [0.29, 0.717) is 0 Å². The summed E-state index contributed by atoms with van der Waals surface area (Å²) < 4.78 is 29.6. The van der Waals surface area contributed by atoms with Crippen LogP contribution >= 0.6 is 0 Å². The zero-order valence-electron chi connectivity index (χ0n) is 19.8. The molecule has 0 radical (unpaired) electrons. The Hall–Kier alpha value is -3.27. The van der Waals surface area contributed by atoms with Gasteiger partial charge in [-0.15, -0.1) is 10.2 Å². The molecule has 2 aliphatic heterocycles. The lowest BCUT2D eigenvalue weighted by atomic mass is 10.0. The van der Waals surface area contributed by atoms with E-state index >= 15 is 0 Å². The summed E-state index contributed by atoms with van der Waals surface area (Å²) in [4.78, 5) is 7.99. The van der Waals surface area contributed by atoms with Crippen molar-refractivity contribution in [1.29, 1.82) is 0 Å². The van der Waals surface area contributed by atoms with E-state index in [1.165, 1.54) is 30.6 Å². The van der Waals surface area contributed by atoms with Gasteiger partial charge in [0.25, 0.3) is 10.1 Å². The van der Waals surface area contributed by atoms with E-state index in [1.54, 1.807) is 12.1 Å². The molecule has 0 saturated carbocycles. The number of hydrogen-bond acceptors (Lipinski definition) is 6. The Kier molecular flexibility index (Phi) is 6.31. The first-order chi connectivity index (χ1) is 16.8. The number of benzene rings is 2. The molecule has 2 saturated heterocycles. The predicted molar refractivity (Wildman–Crippen MR) is 137 cm³/mol. The van der Waals surface area contributed by atoms with Gasteiger partial charge in [-0.3, -0.25) is 4.55 Å². The molecule has 2 N–H and O–H groups in total. The molecule has 8 nitrogen and oxygen atoms in total. The summed E-state index contributed by atoms with van der Waals surface area (Å²) in [5.74, 6) is 2.58. The molecule has 0 spiro atoms. The second-order valence-corrected chi connectivity index (χ2v) is 10.9. The average molecular weight is 492 g/mol. The lowest BCUT2D eigenvalue weighted by Gasteiger charge is -2.19. The largest absolute Gasteiger partial charge is 0.361 e. The van der Waals surface area contributed by atoms with E-state index in [1.807, 2.05) is 13.1 Å². The van der Waals surface area contributed by atoms with Gasteiger partial charge < -0.3 is 14.8 Å². The number of rotatable bonds is 3. The third kappa shape index (κ3) is 5.22. The Labute approximate surface area is 205 Å². The zero-order chi connectivity index (χ0) is 24.6. The summed E-state index contributed by atoms with van der Waals surface area (Å²) in [7, 11) is -1.80. The van der Waals surface area contributed by atoms with Crippen LogP contribution in [0.2, 0.25) is 0 Å². The van der Waals surface area contributed by atoms with E-state index in [-0.39, 0.29) is 4.90 Å². The van der Waals surface area contributed by atoms with Gasteiger partial charge in [0.2, 0.25) is 0 Å². The molecule has 182 valence electrons. The van der Waals surface area contributed by atoms with E-state index in [2.05, 4.69) is 68.4 Å². The van der Waals surface area contributed by atoms with Gasteiger partial charge >= 0.3 is 0 Å². The average Bonchev–Trinajstić information content (AvgIpc) is 3.53. The monoisotopic (exact) mass is 491 g/mol. The van der Waals surface area contributed by atoms with Crippen LogP contribution in [0.5, 0.6) is 0 Å². The molecule has 2 atom stereocenters. The Bertz CT molecular complexity index is 1400. The van der Waals surface area contributed by atoms with Gasteiger partial charge in [0, 0.05) is 48.8 Å². The quantitative estimate of drug-likeness (QED) is 0.420. The molecule has 2 fully saturated rings. The van der Waals surface area contributed by atoms with Crippen molar-refractivity contribution in [3.05, 3.63) is 72.4 Å². The van der Waals surface area contributed by atoms with Gasteiger partial charge in [0.15, 0.2) is 5.82 Å². The van der Waals surface area contributed by atoms with Crippen LogP contribution in [-0.2, 0) is 10.1 Å². The highest BCUT2D eigenvalue weighted by Crippen LogP contribution is 2.32. The second-order valence-electron chi connectivity index (χ2n) is 9.49. The molecule has 2 aliphatic rings. The summed E-state index contributed by atoms with van der Waals surface area (Å²) >= 11 is 0. The highest BCUT2D eigenvalue weighted by atomic mass is 32.2. The normalized spacial score (nSPS) is 20.0. The lowest BCUT2D eigenvalue weighted by molar-refractivity contribution is 0.387. The fourth-order valence-electron chi connectivity index (χ4n) is 4.99. The summed E-state index contributed by atoms with van der Waals surface area (Å²) in [5, 5.41) is 10.2. The van der Waals surface area contributed by atoms with Crippen LogP contribution in [0, 0.1) is 18.8 Å². The van der Waals surface area contributed by atoms with E-state index in [4.69, 9.17) is 4.55 Å². The minimum Gasteiger partial charge on any atom is -0.361 e. The van der Waals surface area contributed by atoms with Crippen LogP contribution in [0.4, 0.5) is 5.82 Å². The third-order valence-electron chi connectivity index (χ3n) is 6.81. The Morgan fingerprint density at radius 1 is 0.914 bits per heavy atom. The molecule has 2 aromatic heterocycles. The van der Waals surface area contributed by atoms with Gasteiger partial charge in [-0.05, 0) is 68.3 Å². The van der Waals surface area contributed by atoms with Crippen molar-refractivity contribution in [1.82, 2.24) is 20.1 Å². The van der Waals surface area contributed by atoms with Crippen molar-refractivity contribution in [3.8, 4) is 11.3 Å². The lowest BCUT2D eigenvalue weighted by Crippen LogP contribution is -2.27. The number of H-pyrrole nitrogens is 1. The highest BCUT2D eigenvalue weighted by molar-refractivity contribution is 7.85. The number of hydrogen-bond donors (Lipinski definition) is 2. The number of nitrogens with one attached hydrogen (secondary N) is 1. The molecule has 2 unspecified atom stereocenters. The number of anilines is 1. The third-order valence-corrected chi connectivity index (χ3v) is 7.68. The number of fused-ring (bicyclic) bond motifs is 2. The van der Waals surface area contributed by atoms with Gasteiger partial charge in [0.05, 0.1) is 10.6 Å². The van der Waals surface area contributed by atoms with Crippen molar-refractivity contribution in [2.45, 2.75) is 11.8 Å². The summed E-state index contributed by atoms with van der Waals surface area (Å²) in [6, 6.07) is 18.6. The molecule has 2 aromatic carbocycles. The van der Waals surface area contributed by atoms with Crippen LogP contribution in [0.1, 0.15) is 5.56 Å². The maximum atomic E-state index is 10.5. The van der Waals surface area contributed by atoms with Crippen molar-refractivity contribution in [3.63, 3.8) is 0 Å². The topological polar surface area (TPSA) is 102 Å². The number of nitrogens with zero attached hydrogens (tertiary/aromatic N) is 4. The molecule has 0 amide bonds. The Morgan fingerprint density at radius 3 is 2.26 bits per heavy atom. The molecule has 9 heteroatoms. The van der Waals surface area contributed by atoms with Crippen LogP contribution in [0.3, 0.4) is 0 Å². The SMILES string of the molecule is CN1CC2CN(c3ccc(-c4ccc5[nH]ccc5c4)nn3)CC2C1.Cc1ccc(S(=O)(=O)O)cc1. The number of aromatic amines is 1. The fourth-order valence-corrected chi connectivity index (χ4v) is 5.47. The summed E-state index contributed by atoms with van der Waals surface area (Å²) in [6.07, 6.45) is 1.96. The molecular formula is C26H29N5O3S. The summed E-state index contributed by atoms with van der Waals surface area (Å²) in [6.45, 7) is 6.48. The van der Waals surface area contributed by atoms with E-state index < -0.39 is 10.1 Å². The first kappa shape index (κ1) is 23.5. The van der Waals surface area contributed by atoms with Gasteiger partial charge in [-0.1, -0.05) is 23.8 Å². The highest BCUT2D eigenvalue weighted by Gasteiger charge is 2.39. The van der Waals surface area contributed by atoms with Crippen LogP contribution < -0.4 is 4.90 Å². The molecule has 6 rings (SSSR count). The number of likely N-dealkylation sites (tertiary alicyclic amines) is 1. The molecule has 0 bridgehead atoms. The van der Waals surface area contributed by atoms with Crippen molar-refractivity contribution < 1.29 is 13.0 Å². The van der Waals surface area contributed by atoms with Crippen LogP contribution in [-0.4, -0.2) is 66.3 Å². The Morgan fingerprint density at radius 2 is 1.63 bits per heavy atom. The molecule has 0 aliphatic carbocycles. The van der Waals surface area contributed by atoms with Gasteiger partial charge in [0.1, 0.15) is 0 Å². The summed E-state index contributed by atoms with van der Waals surface area (Å²) in [5.41, 5.74) is 4.15. The van der Waals surface area contributed by atoms with Crippen LogP contribution in [0.15, 0.2) is 71.8 Å². The minimum atomic E-state index is -4.02. The minimum absolute atomic E-state index is 0.0666. The van der Waals surface area contributed by atoms with Crippen molar-refractivity contribution >= 4 is 26.8 Å².